The minimum atomic E-state index is -0.585. The molecule has 0 unspecified atom stereocenters. The topological polar surface area (TPSA) is 82.9 Å². The Balaban J connectivity index is 2.38. The molecule has 2 aliphatic rings. The Labute approximate surface area is 119 Å². The lowest BCUT2D eigenvalue weighted by atomic mass is 10.3. The van der Waals surface area contributed by atoms with Crippen molar-refractivity contribution < 1.29 is 4.42 Å². The van der Waals surface area contributed by atoms with Crippen molar-refractivity contribution in [3.63, 3.8) is 0 Å². The molecular formula is C14H14N4O3. The molecule has 0 aromatic carbocycles. The summed E-state index contributed by atoms with van der Waals surface area (Å²) >= 11 is 0. The van der Waals surface area contributed by atoms with E-state index in [2.05, 4.69) is 9.97 Å². The summed E-state index contributed by atoms with van der Waals surface area (Å²) in [5.41, 5.74) is -0.351. The molecule has 0 saturated heterocycles. The van der Waals surface area contributed by atoms with Crippen LogP contribution in [0, 0.1) is 6.92 Å². The van der Waals surface area contributed by atoms with Crippen molar-refractivity contribution in [2.45, 2.75) is 20.4 Å². The zero-order valence-corrected chi connectivity index (χ0v) is 12.0. The summed E-state index contributed by atoms with van der Waals surface area (Å²) in [5.74, 6) is 1.62. The van der Waals surface area contributed by atoms with Crippen molar-refractivity contribution in [2.75, 3.05) is 0 Å². The fraction of sp³-hybridized carbons (Fsp3) is 0.286. The maximum Gasteiger partial charge on any atom is 0.352 e. The van der Waals surface area contributed by atoms with Crippen LogP contribution >= 0.6 is 0 Å². The van der Waals surface area contributed by atoms with E-state index in [9.17, 15) is 9.59 Å². The van der Waals surface area contributed by atoms with E-state index in [0.29, 0.717) is 18.0 Å². The van der Waals surface area contributed by atoms with E-state index in [0.717, 1.165) is 10.3 Å². The first-order chi connectivity index (χ1) is 10.0. The Kier molecular flexibility index (Phi) is 2.97. The van der Waals surface area contributed by atoms with Gasteiger partial charge in [-0.05, 0) is 26.0 Å². The predicted octanol–water partition coefficient (Wildman–Crippen LogP) is 1.03. The number of fused-ring (bicyclic) bond motifs is 1. The zero-order chi connectivity index (χ0) is 15.1. The van der Waals surface area contributed by atoms with E-state index in [1.165, 1.54) is 7.05 Å². The molecule has 3 rings (SSSR count). The van der Waals surface area contributed by atoms with E-state index in [4.69, 9.17) is 4.42 Å². The molecule has 2 aliphatic heterocycles. The number of nitrogens with zero attached hydrogens (tertiary/aromatic N) is 4. The molecule has 0 saturated carbocycles. The third kappa shape index (κ3) is 2.06. The number of furan rings is 1. The van der Waals surface area contributed by atoms with Crippen molar-refractivity contribution in [2.24, 2.45) is 7.05 Å². The van der Waals surface area contributed by atoms with Crippen molar-refractivity contribution in [1.29, 1.82) is 0 Å². The van der Waals surface area contributed by atoms with Gasteiger partial charge in [-0.3, -0.25) is 9.36 Å². The van der Waals surface area contributed by atoms with E-state index >= 15 is 0 Å². The van der Waals surface area contributed by atoms with Gasteiger partial charge in [-0.1, -0.05) is 0 Å². The molecule has 0 amide bonds. The highest BCUT2D eigenvalue weighted by Crippen LogP contribution is 2.23. The first-order valence-electron chi connectivity index (χ1n) is 6.56. The van der Waals surface area contributed by atoms with Gasteiger partial charge in [0.05, 0.1) is 0 Å². The summed E-state index contributed by atoms with van der Waals surface area (Å²) in [6, 6.07) is 3.62. The van der Waals surface area contributed by atoms with Crippen LogP contribution in [0.15, 0.2) is 32.3 Å². The van der Waals surface area contributed by atoms with Gasteiger partial charge in [0.25, 0.3) is 5.56 Å². The third-order valence-corrected chi connectivity index (χ3v) is 3.32. The summed E-state index contributed by atoms with van der Waals surface area (Å²) in [6.45, 7) is 4.30. The van der Waals surface area contributed by atoms with Gasteiger partial charge in [-0.2, -0.15) is 4.98 Å². The minimum absolute atomic E-state index is 0.158. The van der Waals surface area contributed by atoms with Gasteiger partial charge in [-0.15, -0.1) is 0 Å². The molecule has 1 aromatic heterocycles. The maximum absolute atomic E-state index is 12.2. The lowest BCUT2D eigenvalue weighted by Gasteiger charge is -2.13. The van der Waals surface area contributed by atoms with Crippen LogP contribution in [0.4, 0.5) is 0 Å². The van der Waals surface area contributed by atoms with Crippen LogP contribution < -0.4 is 11.2 Å². The molecule has 0 N–H and O–H groups in total. The molecule has 0 fully saturated rings. The molecule has 3 heterocycles. The van der Waals surface area contributed by atoms with Crippen LogP contribution in [-0.4, -0.2) is 19.1 Å². The molecule has 0 bridgehead atoms. The average Bonchev–Trinajstić information content (AvgIpc) is 2.91. The number of aromatic nitrogens is 4. The predicted molar refractivity (Wildman–Crippen MR) is 76.3 cm³/mol. The molecule has 0 spiro atoms. The quantitative estimate of drug-likeness (QED) is 0.702. The largest absolute Gasteiger partial charge is 0.460 e. The SMILES string of the molecule is CCn1cc(-c2ccc(C)o2)nc2c(=O)n(C)c(=O)nc1-2. The highest BCUT2D eigenvalue weighted by molar-refractivity contribution is 5.59. The van der Waals surface area contributed by atoms with E-state index in [-0.39, 0.29) is 11.5 Å². The van der Waals surface area contributed by atoms with Crippen LogP contribution in [0.2, 0.25) is 0 Å². The monoisotopic (exact) mass is 286 g/mol. The van der Waals surface area contributed by atoms with Gasteiger partial charge >= 0.3 is 5.69 Å². The molecule has 1 aromatic rings. The molecule has 0 radical (unpaired) electrons. The fourth-order valence-electron chi connectivity index (χ4n) is 2.15. The first-order valence-corrected chi connectivity index (χ1v) is 6.56. The van der Waals surface area contributed by atoms with Crippen molar-refractivity contribution in [3.05, 3.63) is 44.9 Å². The van der Waals surface area contributed by atoms with Crippen LogP contribution in [0.25, 0.3) is 23.0 Å². The standard InChI is InChI=1S/C14H14N4O3/c1-4-18-7-9(10-6-5-8(2)21-10)15-11-12(18)16-14(20)17(3)13(11)19/h5-7H,4H2,1-3H3. The van der Waals surface area contributed by atoms with E-state index < -0.39 is 11.2 Å². The van der Waals surface area contributed by atoms with E-state index in [1.807, 2.05) is 19.9 Å². The third-order valence-electron chi connectivity index (χ3n) is 3.32. The van der Waals surface area contributed by atoms with Crippen molar-refractivity contribution in [1.82, 2.24) is 19.1 Å². The molecule has 108 valence electrons. The van der Waals surface area contributed by atoms with Gasteiger partial charge in [0, 0.05) is 19.8 Å². The highest BCUT2D eigenvalue weighted by Gasteiger charge is 2.19. The van der Waals surface area contributed by atoms with E-state index in [1.54, 1.807) is 16.8 Å². The molecule has 7 heteroatoms. The summed E-state index contributed by atoms with van der Waals surface area (Å²) in [5, 5.41) is 0. The van der Waals surface area contributed by atoms with Crippen LogP contribution in [0.1, 0.15) is 12.7 Å². The van der Waals surface area contributed by atoms with Crippen molar-refractivity contribution >= 4 is 0 Å². The second kappa shape index (κ2) is 4.69. The van der Waals surface area contributed by atoms with Gasteiger partial charge < -0.3 is 8.98 Å². The Morgan fingerprint density at radius 3 is 2.62 bits per heavy atom. The minimum Gasteiger partial charge on any atom is -0.460 e. The number of aryl methyl sites for hydroxylation is 2. The Hall–Kier alpha value is -2.70. The fourth-order valence-corrected chi connectivity index (χ4v) is 2.15. The van der Waals surface area contributed by atoms with Gasteiger partial charge in [0.15, 0.2) is 17.3 Å². The highest BCUT2D eigenvalue weighted by atomic mass is 16.3. The summed E-state index contributed by atoms with van der Waals surface area (Å²) in [6.07, 6.45) is 1.73. The lowest BCUT2D eigenvalue weighted by Crippen LogP contribution is -2.36. The number of hydrogen-bond donors (Lipinski definition) is 0. The smallest absolute Gasteiger partial charge is 0.352 e. The normalized spacial score (nSPS) is 11.2. The van der Waals surface area contributed by atoms with Gasteiger partial charge in [0.2, 0.25) is 0 Å². The summed E-state index contributed by atoms with van der Waals surface area (Å²) in [4.78, 5) is 32.1. The summed E-state index contributed by atoms with van der Waals surface area (Å²) < 4.78 is 8.22. The van der Waals surface area contributed by atoms with Crippen molar-refractivity contribution in [3.8, 4) is 23.0 Å². The second-order valence-electron chi connectivity index (χ2n) is 4.75. The number of hydrogen-bond acceptors (Lipinski definition) is 5. The molecular weight excluding hydrogens is 272 g/mol. The Morgan fingerprint density at radius 2 is 2.00 bits per heavy atom. The Morgan fingerprint density at radius 1 is 1.24 bits per heavy atom. The van der Waals surface area contributed by atoms with Crippen LogP contribution in [-0.2, 0) is 13.6 Å². The first kappa shape index (κ1) is 13.3. The van der Waals surface area contributed by atoms with Gasteiger partial charge in [-0.25, -0.2) is 9.78 Å². The summed E-state index contributed by atoms with van der Waals surface area (Å²) in [7, 11) is 1.39. The second-order valence-corrected chi connectivity index (χ2v) is 4.75. The number of rotatable bonds is 2. The zero-order valence-electron chi connectivity index (χ0n) is 12.0. The van der Waals surface area contributed by atoms with Crippen LogP contribution in [0.3, 0.4) is 0 Å². The molecule has 21 heavy (non-hydrogen) atoms. The molecule has 0 aliphatic carbocycles. The molecule has 0 atom stereocenters. The van der Waals surface area contributed by atoms with Gasteiger partial charge in [0.1, 0.15) is 11.5 Å². The van der Waals surface area contributed by atoms with Crippen LogP contribution in [0.5, 0.6) is 0 Å². The lowest BCUT2D eigenvalue weighted by molar-refractivity contribution is 0.544. The molecule has 7 nitrogen and oxygen atoms in total. The Bertz CT molecular complexity index is 903. The average molecular weight is 286 g/mol. The maximum atomic E-state index is 12.2.